The van der Waals surface area contributed by atoms with Crippen molar-refractivity contribution in [3.05, 3.63) is 34.2 Å². The molecule has 2 aromatic rings. The van der Waals surface area contributed by atoms with E-state index in [0.29, 0.717) is 5.69 Å². The summed E-state index contributed by atoms with van der Waals surface area (Å²) in [4.78, 5) is 15.7. The van der Waals surface area contributed by atoms with Gasteiger partial charge in [-0.3, -0.25) is 9.20 Å². The lowest BCUT2D eigenvalue weighted by atomic mass is 10.2. The van der Waals surface area contributed by atoms with Gasteiger partial charge in [0.2, 0.25) is 0 Å². The number of aryl methyl sites for hydroxylation is 1. The van der Waals surface area contributed by atoms with Crippen LogP contribution in [-0.2, 0) is 0 Å². The van der Waals surface area contributed by atoms with Crippen molar-refractivity contribution in [3.8, 4) is 0 Å². The molecule has 0 bridgehead atoms. The molecule has 0 saturated carbocycles. The van der Waals surface area contributed by atoms with Crippen molar-refractivity contribution in [3.63, 3.8) is 0 Å². The molecule has 0 amide bonds. The van der Waals surface area contributed by atoms with E-state index in [4.69, 9.17) is 0 Å². The number of Topliss-reactive ketones (excluding diaryl/α,β-unsaturated/α-hetero) is 1. The highest BCUT2D eigenvalue weighted by molar-refractivity contribution is 9.10. The van der Waals surface area contributed by atoms with Crippen LogP contribution < -0.4 is 0 Å². The average Bonchev–Trinajstić information content (AvgIpc) is 2.42. The Kier molecular flexibility index (Phi) is 2.15. The molecule has 2 aromatic heterocycles. The fourth-order valence-electron chi connectivity index (χ4n) is 1.57. The van der Waals surface area contributed by atoms with Crippen molar-refractivity contribution >= 4 is 27.4 Å². The molecule has 0 N–H and O–H groups in total. The minimum Gasteiger partial charge on any atom is -0.296 e. The van der Waals surface area contributed by atoms with Gasteiger partial charge in [-0.15, -0.1) is 0 Å². The van der Waals surface area contributed by atoms with Gasteiger partial charge in [0.1, 0.15) is 5.69 Å². The second-order valence-corrected chi connectivity index (χ2v) is 4.01. The quantitative estimate of drug-likeness (QED) is 0.732. The summed E-state index contributed by atoms with van der Waals surface area (Å²) in [6.07, 6.45) is 1.84. The van der Waals surface area contributed by atoms with E-state index in [1.165, 1.54) is 0 Å². The first-order valence-electron chi connectivity index (χ1n) is 4.25. The van der Waals surface area contributed by atoms with Gasteiger partial charge >= 0.3 is 0 Å². The van der Waals surface area contributed by atoms with Crippen molar-refractivity contribution in [1.82, 2.24) is 9.38 Å². The molecule has 72 valence electrons. The molecule has 0 aromatic carbocycles. The lowest BCUT2D eigenvalue weighted by Crippen LogP contribution is -2.00. The summed E-state index contributed by atoms with van der Waals surface area (Å²) in [5.74, 6) is 0.0353. The Morgan fingerprint density at radius 2 is 2.29 bits per heavy atom. The molecule has 2 rings (SSSR count). The number of hydrogen-bond acceptors (Lipinski definition) is 2. The van der Waals surface area contributed by atoms with Crippen LogP contribution in [0.1, 0.15) is 23.1 Å². The molecular formula is C10H9BrN2O. The van der Waals surface area contributed by atoms with E-state index in [1.54, 1.807) is 6.92 Å². The molecule has 3 nitrogen and oxygen atoms in total. The third kappa shape index (κ3) is 1.26. The number of rotatable bonds is 1. The first-order chi connectivity index (χ1) is 6.61. The third-order valence-electron chi connectivity index (χ3n) is 2.11. The van der Waals surface area contributed by atoms with Gasteiger partial charge in [-0.25, -0.2) is 4.98 Å². The molecule has 2 heterocycles. The van der Waals surface area contributed by atoms with Crippen LogP contribution in [0.25, 0.3) is 5.65 Å². The Bertz CT molecular complexity index is 516. The maximum absolute atomic E-state index is 11.4. The molecule has 0 unspecified atom stereocenters. The summed E-state index contributed by atoms with van der Waals surface area (Å²) >= 11 is 3.40. The van der Waals surface area contributed by atoms with Crippen LogP contribution in [0.15, 0.2) is 22.8 Å². The van der Waals surface area contributed by atoms with Gasteiger partial charge in [0.25, 0.3) is 0 Å². The number of ketones is 1. The number of carbonyl (C=O) groups is 1. The number of hydrogen-bond donors (Lipinski definition) is 0. The van der Waals surface area contributed by atoms with E-state index in [9.17, 15) is 4.79 Å². The maximum Gasteiger partial charge on any atom is 0.178 e. The normalized spacial score (nSPS) is 10.8. The molecule has 0 spiro atoms. The monoisotopic (exact) mass is 252 g/mol. The lowest BCUT2D eigenvalue weighted by Gasteiger charge is -1.98. The van der Waals surface area contributed by atoms with Gasteiger partial charge < -0.3 is 0 Å². The molecule has 0 aliphatic rings. The SMILES string of the molecule is CC(=O)c1c(C)nc2c(Br)cccn12. The van der Waals surface area contributed by atoms with Crippen molar-refractivity contribution in [2.75, 3.05) is 0 Å². The Morgan fingerprint density at radius 1 is 1.57 bits per heavy atom. The Morgan fingerprint density at radius 3 is 2.93 bits per heavy atom. The Hall–Kier alpha value is -1.16. The van der Waals surface area contributed by atoms with Crippen LogP contribution >= 0.6 is 15.9 Å². The summed E-state index contributed by atoms with van der Waals surface area (Å²) in [6.45, 7) is 3.40. The summed E-state index contributed by atoms with van der Waals surface area (Å²) < 4.78 is 2.71. The smallest absolute Gasteiger partial charge is 0.178 e. The van der Waals surface area contributed by atoms with Gasteiger partial charge in [0.05, 0.1) is 10.2 Å². The summed E-state index contributed by atoms with van der Waals surface area (Å²) in [7, 11) is 0. The highest BCUT2D eigenvalue weighted by Crippen LogP contribution is 2.20. The molecule has 0 radical (unpaired) electrons. The Balaban J connectivity index is 2.90. The minimum absolute atomic E-state index is 0.0353. The van der Waals surface area contributed by atoms with Gasteiger partial charge in [-0.2, -0.15) is 0 Å². The molecule has 0 fully saturated rings. The van der Waals surface area contributed by atoms with Crippen molar-refractivity contribution in [2.24, 2.45) is 0 Å². The second kappa shape index (κ2) is 3.20. The molecule has 0 saturated heterocycles. The third-order valence-corrected chi connectivity index (χ3v) is 2.73. The van der Waals surface area contributed by atoms with Gasteiger partial charge in [-0.05, 0) is 35.0 Å². The fraction of sp³-hybridized carbons (Fsp3) is 0.200. The molecule has 4 heteroatoms. The highest BCUT2D eigenvalue weighted by Gasteiger charge is 2.13. The van der Waals surface area contributed by atoms with Crippen LogP contribution in [0, 0.1) is 6.92 Å². The zero-order valence-corrected chi connectivity index (χ0v) is 9.50. The predicted molar refractivity (Wildman–Crippen MR) is 57.6 cm³/mol. The van der Waals surface area contributed by atoms with E-state index in [0.717, 1.165) is 15.8 Å². The minimum atomic E-state index is 0.0353. The van der Waals surface area contributed by atoms with E-state index in [1.807, 2.05) is 29.7 Å². The van der Waals surface area contributed by atoms with Crippen molar-refractivity contribution in [2.45, 2.75) is 13.8 Å². The summed E-state index contributed by atoms with van der Waals surface area (Å²) in [5, 5.41) is 0. The van der Waals surface area contributed by atoms with E-state index < -0.39 is 0 Å². The van der Waals surface area contributed by atoms with Crippen molar-refractivity contribution in [1.29, 1.82) is 0 Å². The van der Waals surface area contributed by atoms with Gasteiger partial charge in [0, 0.05) is 13.1 Å². The molecule has 14 heavy (non-hydrogen) atoms. The van der Waals surface area contributed by atoms with Crippen molar-refractivity contribution < 1.29 is 4.79 Å². The first-order valence-corrected chi connectivity index (χ1v) is 5.04. The van der Waals surface area contributed by atoms with Gasteiger partial charge in [-0.1, -0.05) is 0 Å². The predicted octanol–water partition coefficient (Wildman–Crippen LogP) is 2.61. The van der Waals surface area contributed by atoms with Crippen LogP contribution in [-0.4, -0.2) is 15.2 Å². The van der Waals surface area contributed by atoms with Crippen LogP contribution in [0.2, 0.25) is 0 Å². The first kappa shape index (κ1) is 9.40. The topological polar surface area (TPSA) is 34.4 Å². The van der Waals surface area contributed by atoms with E-state index in [-0.39, 0.29) is 5.78 Å². The lowest BCUT2D eigenvalue weighted by molar-refractivity contribution is 0.101. The fourth-order valence-corrected chi connectivity index (χ4v) is 2.00. The van der Waals surface area contributed by atoms with E-state index in [2.05, 4.69) is 20.9 Å². The summed E-state index contributed by atoms with van der Waals surface area (Å²) in [5.41, 5.74) is 2.21. The van der Waals surface area contributed by atoms with Gasteiger partial charge in [0.15, 0.2) is 11.4 Å². The highest BCUT2D eigenvalue weighted by atomic mass is 79.9. The second-order valence-electron chi connectivity index (χ2n) is 3.15. The van der Waals surface area contributed by atoms with Crippen LogP contribution in [0.3, 0.4) is 0 Å². The standard InChI is InChI=1S/C10H9BrN2O/c1-6-9(7(2)14)13-5-3-4-8(11)10(13)12-6/h3-5H,1-2H3. The number of halogens is 1. The average molecular weight is 253 g/mol. The number of imidazole rings is 1. The number of pyridine rings is 1. The molecular weight excluding hydrogens is 244 g/mol. The zero-order valence-electron chi connectivity index (χ0n) is 7.91. The van der Waals surface area contributed by atoms with E-state index >= 15 is 0 Å². The number of nitrogens with zero attached hydrogens (tertiary/aromatic N) is 2. The maximum atomic E-state index is 11.4. The summed E-state index contributed by atoms with van der Waals surface area (Å²) in [6, 6.07) is 3.79. The largest absolute Gasteiger partial charge is 0.296 e. The van der Waals surface area contributed by atoms with Crippen LogP contribution in [0.4, 0.5) is 0 Å². The number of fused-ring (bicyclic) bond motifs is 1. The Labute approximate surface area is 89.9 Å². The molecule has 0 aliphatic heterocycles. The van der Waals surface area contributed by atoms with Crippen LogP contribution in [0.5, 0.6) is 0 Å². The number of aromatic nitrogens is 2. The zero-order chi connectivity index (χ0) is 10.3. The number of carbonyl (C=O) groups excluding carboxylic acids is 1. The molecule has 0 atom stereocenters. The molecule has 0 aliphatic carbocycles.